The van der Waals surface area contributed by atoms with Gasteiger partial charge in [0.25, 0.3) is 0 Å². The molecule has 160 valence electrons. The molecule has 0 bridgehead atoms. The fourth-order valence-electron chi connectivity index (χ4n) is 4.47. The van der Waals surface area contributed by atoms with Crippen molar-refractivity contribution in [3.63, 3.8) is 0 Å². The Morgan fingerprint density at radius 3 is 2.50 bits per heavy atom. The van der Waals surface area contributed by atoms with Gasteiger partial charge in [0.2, 0.25) is 5.91 Å². The number of unbranched alkanes of at least 4 members (excludes halogenated alkanes) is 2. The number of anilines is 1. The molecule has 0 aromatic heterocycles. The highest BCUT2D eigenvalue weighted by Crippen LogP contribution is 2.33. The minimum atomic E-state index is -0.575. The average Bonchev–Trinajstić information content (AvgIpc) is 2.69. The minimum Gasteiger partial charge on any atom is -0.312 e. The van der Waals surface area contributed by atoms with E-state index in [9.17, 15) is 18.4 Å². The molecule has 3 nitrogen and oxygen atoms in total. The summed E-state index contributed by atoms with van der Waals surface area (Å²) in [6.45, 7) is 4.58. The number of rotatable bonds is 8. The maximum absolute atomic E-state index is 14.1. The number of amides is 1. The molecule has 3 rings (SSSR count). The predicted octanol–water partition coefficient (Wildman–Crippen LogP) is 5.48. The van der Waals surface area contributed by atoms with Gasteiger partial charge in [0.05, 0.1) is 0 Å². The van der Waals surface area contributed by atoms with E-state index in [1.165, 1.54) is 17.7 Å². The third kappa shape index (κ3) is 5.32. The monoisotopic (exact) mass is 413 g/mol. The summed E-state index contributed by atoms with van der Waals surface area (Å²) < 4.78 is 27.3. The van der Waals surface area contributed by atoms with Crippen LogP contribution < -0.4 is 4.90 Å². The highest BCUT2D eigenvalue weighted by Gasteiger charge is 2.29. The molecule has 1 aliphatic rings. The first-order chi connectivity index (χ1) is 14.4. The number of carbonyl (C=O) groups excluding carboxylic acids is 2. The van der Waals surface area contributed by atoms with Gasteiger partial charge in [-0.05, 0) is 80.2 Å². The van der Waals surface area contributed by atoms with Gasteiger partial charge in [-0.15, -0.1) is 0 Å². The molecule has 0 N–H and O–H groups in total. The van der Waals surface area contributed by atoms with E-state index in [0.29, 0.717) is 37.8 Å². The molecular weight excluding hydrogens is 384 g/mol. The lowest BCUT2D eigenvalue weighted by atomic mass is 9.89. The summed E-state index contributed by atoms with van der Waals surface area (Å²) >= 11 is 0. The van der Waals surface area contributed by atoms with Crippen LogP contribution in [0.5, 0.6) is 0 Å². The first kappa shape index (κ1) is 22.1. The summed E-state index contributed by atoms with van der Waals surface area (Å²) in [5.41, 5.74) is 4.77. The van der Waals surface area contributed by atoms with Crippen molar-refractivity contribution in [3.05, 3.63) is 64.2 Å². The minimum absolute atomic E-state index is 0.0933. The van der Waals surface area contributed by atoms with Crippen LogP contribution in [0.4, 0.5) is 14.5 Å². The summed E-state index contributed by atoms with van der Waals surface area (Å²) in [7, 11) is 0. The van der Waals surface area contributed by atoms with Gasteiger partial charge in [0, 0.05) is 31.1 Å². The number of hydrogen-bond donors (Lipinski definition) is 0. The van der Waals surface area contributed by atoms with Crippen LogP contribution in [0.15, 0.2) is 30.3 Å². The first-order valence-electron chi connectivity index (χ1n) is 10.7. The summed E-state index contributed by atoms with van der Waals surface area (Å²) in [4.78, 5) is 25.0. The second-order valence-corrected chi connectivity index (χ2v) is 8.34. The molecule has 1 saturated heterocycles. The third-order valence-electron chi connectivity index (χ3n) is 5.89. The fourth-order valence-corrected chi connectivity index (χ4v) is 4.47. The Morgan fingerprint density at radius 2 is 1.83 bits per heavy atom. The van der Waals surface area contributed by atoms with Gasteiger partial charge in [-0.1, -0.05) is 18.2 Å². The van der Waals surface area contributed by atoms with E-state index in [4.69, 9.17) is 0 Å². The fraction of sp³-hybridized carbons (Fsp3) is 0.440. The van der Waals surface area contributed by atoms with E-state index in [0.717, 1.165) is 48.4 Å². The maximum Gasteiger partial charge on any atom is 0.227 e. The van der Waals surface area contributed by atoms with Crippen LogP contribution in [0.2, 0.25) is 0 Å². The third-order valence-corrected chi connectivity index (χ3v) is 5.89. The van der Waals surface area contributed by atoms with E-state index in [1.54, 1.807) is 0 Å². The Morgan fingerprint density at radius 1 is 1.10 bits per heavy atom. The topological polar surface area (TPSA) is 37.4 Å². The molecule has 1 fully saturated rings. The van der Waals surface area contributed by atoms with E-state index in [-0.39, 0.29) is 11.8 Å². The molecule has 1 aliphatic heterocycles. The summed E-state index contributed by atoms with van der Waals surface area (Å²) in [5, 5.41) is 0. The van der Waals surface area contributed by atoms with Gasteiger partial charge in [-0.3, -0.25) is 4.79 Å². The second kappa shape index (κ2) is 9.96. The van der Waals surface area contributed by atoms with Crippen LogP contribution in [0.3, 0.4) is 0 Å². The normalized spacial score (nSPS) is 16.7. The summed E-state index contributed by atoms with van der Waals surface area (Å²) in [5.74, 6) is -0.876. The number of piperidine rings is 1. The quantitative estimate of drug-likeness (QED) is 0.425. The first-order valence-corrected chi connectivity index (χ1v) is 10.7. The van der Waals surface area contributed by atoms with E-state index in [2.05, 4.69) is 12.1 Å². The molecule has 0 radical (unpaired) electrons. The zero-order chi connectivity index (χ0) is 21.7. The highest BCUT2D eigenvalue weighted by atomic mass is 19.1. The molecule has 30 heavy (non-hydrogen) atoms. The number of benzene rings is 2. The number of aryl methyl sites for hydroxylation is 3. The van der Waals surface area contributed by atoms with E-state index in [1.807, 2.05) is 18.7 Å². The van der Waals surface area contributed by atoms with Crippen molar-refractivity contribution in [2.45, 2.75) is 58.8 Å². The molecule has 5 heteroatoms. The van der Waals surface area contributed by atoms with Crippen LogP contribution >= 0.6 is 0 Å². The molecule has 0 aliphatic carbocycles. The standard InChI is InChI=1S/C25H29F2NO2/c1-17-12-19(6-4-3-5-11-29)13-18(2)25(17)28-16-20(7-10-24(28)30)14-21-8-9-22(26)15-23(21)27/h8-9,11-13,15,20H,3-7,10,14,16H2,1-2H3. The van der Waals surface area contributed by atoms with E-state index >= 15 is 0 Å². The number of nitrogens with zero attached hydrogens (tertiary/aromatic N) is 1. The van der Waals surface area contributed by atoms with Crippen LogP contribution in [-0.4, -0.2) is 18.7 Å². The largest absolute Gasteiger partial charge is 0.312 e. The van der Waals surface area contributed by atoms with Crippen molar-refractivity contribution in [3.8, 4) is 0 Å². The van der Waals surface area contributed by atoms with E-state index < -0.39 is 11.6 Å². The van der Waals surface area contributed by atoms with Crippen LogP contribution in [0, 0.1) is 31.4 Å². The van der Waals surface area contributed by atoms with Crippen molar-refractivity contribution < 1.29 is 18.4 Å². The van der Waals surface area contributed by atoms with Gasteiger partial charge < -0.3 is 9.69 Å². The van der Waals surface area contributed by atoms with Crippen molar-refractivity contribution in [1.82, 2.24) is 0 Å². The lowest BCUT2D eigenvalue weighted by Crippen LogP contribution is -2.41. The Labute approximate surface area is 177 Å². The molecule has 0 spiro atoms. The highest BCUT2D eigenvalue weighted by molar-refractivity contribution is 5.95. The average molecular weight is 414 g/mol. The maximum atomic E-state index is 14.1. The Bertz CT molecular complexity index is 902. The molecule has 1 heterocycles. The van der Waals surface area contributed by atoms with Gasteiger partial charge in [-0.2, -0.15) is 0 Å². The van der Waals surface area contributed by atoms with Crippen LogP contribution in [0.25, 0.3) is 0 Å². The summed E-state index contributed by atoms with van der Waals surface area (Å²) in [6.07, 6.45) is 5.93. The number of aldehydes is 1. The van der Waals surface area contributed by atoms with Gasteiger partial charge in [0.15, 0.2) is 0 Å². The van der Waals surface area contributed by atoms with Gasteiger partial charge in [-0.25, -0.2) is 8.78 Å². The number of halogens is 2. The molecule has 1 atom stereocenters. The van der Waals surface area contributed by atoms with Crippen molar-refractivity contribution >= 4 is 17.9 Å². The molecular formula is C25H29F2NO2. The summed E-state index contributed by atoms with van der Waals surface area (Å²) in [6, 6.07) is 7.95. The van der Waals surface area contributed by atoms with Crippen LogP contribution in [-0.2, 0) is 22.4 Å². The smallest absolute Gasteiger partial charge is 0.227 e. The Balaban J connectivity index is 1.74. The van der Waals surface area contributed by atoms with Crippen molar-refractivity contribution in [2.24, 2.45) is 5.92 Å². The zero-order valence-electron chi connectivity index (χ0n) is 17.7. The van der Waals surface area contributed by atoms with Crippen molar-refractivity contribution in [2.75, 3.05) is 11.4 Å². The van der Waals surface area contributed by atoms with Gasteiger partial charge in [0.1, 0.15) is 17.9 Å². The van der Waals surface area contributed by atoms with Crippen molar-refractivity contribution in [1.29, 1.82) is 0 Å². The number of hydrogen-bond acceptors (Lipinski definition) is 2. The molecule has 2 aromatic carbocycles. The van der Waals surface area contributed by atoms with Crippen LogP contribution in [0.1, 0.15) is 54.4 Å². The molecule has 1 amide bonds. The molecule has 2 aromatic rings. The Kier molecular flexibility index (Phi) is 7.35. The zero-order valence-corrected chi connectivity index (χ0v) is 17.7. The SMILES string of the molecule is Cc1cc(CCCCC=O)cc(C)c1N1CC(Cc2ccc(F)cc2F)CCC1=O. The lowest BCUT2D eigenvalue weighted by Gasteiger charge is -2.35. The Hall–Kier alpha value is -2.56. The molecule has 1 unspecified atom stereocenters. The molecule has 0 saturated carbocycles. The lowest BCUT2D eigenvalue weighted by molar-refractivity contribution is -0.120. The predicted molar refractivity (Wildman–Crippen MR) is 115 cm³/mol. The van der Waals surface area contributed by atoms with Gasteiger partial charge >= 0.3 is 0 Å². The second-order valence-electron chi connectivity index (χ2n) is 8.34. The number of carbonyl (C=O) groups is 2.